The summed E-state index contributed by atoms with van der Waals surface area (Å²) in [5, 5.41) is 4.07. The Kier molecular flexibility index (Phi) is 10.3. The number of nitrogens with one attached hydrogen (secondary N) is 1. The second-order valence-electron chi connectivity index (χ2n) is 7.50. The Labute approximate surface area is 183 Å². The largest absolute Gasteiger partial charge is 0.490 e. The summed E-state index contributed by atoms with van der Waals surface area (Å²) in [5.74, 6) is 1.05. The quantitative estimate of drug-likeness (QED) is 0.738. The number of aromatic nitrogens is 1. The van der Waals surface area contributed by atoms with Crippen molar-refractivity contribution >= 4 is 41.1 Å². The number of nitrogen functional groups attached to an aromatic ring is 1. The van der Waals surface area contributed by atoms with Crippen molar-refractivity contribution in [1.82, 2.24) is 10.3 Å². The highest BCUT2D eigenvalue weighted by molar-refractivity contribution is 5.95. The zero-order valence-electron chi connectivity index (χ0n) is 17.6. The second-order valence-corrected chi connectivity index (χ2v) is 7.50. The molecule has 0 saturated heterocycles. The first-order valence-electron chi connectivity index (χ1n) is 10.0. The highest BCUT2D eigenvalue weighted by Gasteiger charge is 2.25. The molecular weight excluding hydrogens is 406 g/mol. The van der Waals surface area contributed by atoms with Crippen molar-refractivity contribution in [2.45, 2.75) is 65.0 Å². The molecule has 0 radical (unpaired) electrons. The Morgan fingerprint density at radius 1 is 1.30 bits per heavy atom. The Hall–Kier alpha value is -2.63. The lowest BCUT2D eigenvalue weighted by Crippen LogP contribution is -2.41. The fraction of sp³-hybridized carbons (Fsp3) is 0.500. The van der Waals surface area contributed by atoms with Crippen LogP contribution in [-0.4, -0.2) is 29.2 Å². The third-order valence-electron chi connectivity index (χ3n) is 5.33. The number of benzene rings is 1. The Morgan fingerprint density at radius 2 is 1.93 bits per heavy atom. The number of amides is 1. The van der Waals surface area contributed by atoms with E-state index in [0.29, 0.717) is 5.69 Å². The van der Waals surface area contributed by atoms with Crippen LogP contribution in [0.2, 0.25) is 0 Å². The number of hydrogen-bond acceptors (Lipinski definition) is 6. The van der Waals surface area contributed by atoms with Crippen LogP contribution >= 0.6 is 12.4 Å². The first kappa shape index (κ1) is 25.4. The maximum absolute atomic E-state index is 12.1. The number of anilines is 1. The molecule has 0 bridgehead atoms. The normalized spacial score (nSPS) is 18.8. The van der Waals surface area contributed by atoms with Crippen LogP contribution in [-0.2, 0) is 14.4 Å². The van der Waals surface area contributed by atoms with E-state index in [1.54, 1.807) is 0 Å². The van der Waals surface area contributed by atoms with Crippen molar-refractivity contribution in [2.24, 2.45) is 5.92 Å². The highest BCUT2D eigenvalue weighted by atomic mass is 35.5. The van der Waals surface area contributed by atoms with Gasteiger partial charge in [-0.05, 0) is 57.2 Å². The van der Waals surface area contributed by atoms with E-state index in [9.17, 15) is 4.79 Å². The summed E-state index contributed by atoms with van der Waals surface area (Å²) in [6.07, 6.45) is 5.04. The molecule has 0 spiro atoms. The molecule has 0 aliphatic heterocycles. The van der Waals surface area contributed by atoms with Gasteiger partial charge in [0.2, 0.25) is 5.91 Å². The van der Waals surface area contributed by atoms with E-state index in [1.807, 2.05) is 45.0 Å². The molecule has 30 heavy (non-hydrogen) atoms. The van der Waals surface area contributed by atoms with Crippen molar-refractivity contribution in [3.05, 3.63) is 30.0 Å². The van der Waals surface area contributed by atoms with E-state index in [4.69, 9.17) is 20.1 Å². The van der Waals surface area contributed by atoms with Gasteiger partial charge in [-0.1, -0.05) is 19.9 Å². The summed E-state index contributed by atoms with van der Waals surface area (Å²) in [7, 11) is 0. The third kappa shape index (κ3) is 6.71. The summed E-state index contributed by atoms with van der Waals surface area (Å²) >= 11 is 0. The van der Waals surface area contributed by atoms with E-state index < -0.39 is 0 Å². The molecule has 0 unspecified atom stereocenters. The van der Waals surface area contributed by atoms with Crippen LogP contribution in [0.1, 0.15) is 51.6 Å². The fourth-order valence-electron chi connectivity index (χ4n) is 3.55. The lowest BCUT2D eigenvalue weighted by atomic mass is 9.92. The summed E-state index contributed by atoms with van der Waals surface area (Å²) in [6.45, 7) is 5.96. The molecule has 1 aromatic carbocycles. The van der Waals surface area contributed by atoms with Gasteiger partial charge in [0.1, 0.15) is 5.75 Å². The number of carbonyl (C=O) groups excluding carboxylic acids is 3. The third-order valence-corrected chi connectivity index (χ3v) is 5.33. The zero-order chi connectivity index (χ0) is 21.4. The zero-order valence-corrected chi connectivity index (χ0v) is 18.5. The number of nitrogens with zero attached hydrogens (tertiary/aromatic N) is 1. The minimum absolute atomic E-state index is 0. The molecule has 3 N–H and O–H groups in total. The summed E-state index contributed by atoms with van der Waals surface area (Å²) in [6, 6.07) is 8.04. The number of carbonyl (C=O) groups is 1. The topological polar surface area (TPSA) is 111 Å². The predicted molar refractivity (Wildman–Crippen MR) is 117 cm³/mol. The maximum Gasteiger partial charge on any atom is 0.373 e. The Morgan fingerprint density at radius 3 is 2.53 bits per heavy atom. The molecule has 1 fully saturated rings. The standard InChI is InChI=1S/C21H29N3O2.CO2.ClH/c1-4-13(2)21(25)24-15-8-10-16(11-9-15)26-19-7-5-6-18-20(19)17(22)12-14(3)23-18;2-1-3;/h5-7,12-13,15-16H,4,8-11H2,1-3H3,(H2,22,23)(H,24,25);;1H/t13-,15?,16?;;/m1../s1. The maximum atomic E-state index is 12.1. The van der Waals surface area contributed by atoms with Crippen LogP contribution < -0.4 is 15.8 Å². The van der Waals surface area contributed by atoms with Crippen LogP contribution in [0.15, 0.2) is 24.3 Å². The van der Waals surface area contributed by atoms with Gasteiger partial charge in [0, 0.05) is 23.3 Å². The average Bonchev–Trinajstić information content (AvgIpc) is 2.69. The van der Waals surface area contributed by atoms with E-state index in [-0.39, 0.29) is 42.5 Å². The smallest absolute Gasteiger partial charge is 0.373 e. The first-order chi connectivity index (χ1) is 13.9. The minimum atomic E-state index is 0. The van der Waals surface area contributed by atoms with Crippen LogP contribution in [0.25, 0.3) is 10.9 Å². The number of ether oxygens (including phenoxy) is 1. The van der Waals surface area contributed by atoms with Crippen molar-refractivity contribution in [3.63, 3.8) is 0 Å². The molecule has 8 heteroatoms. The molecule has 2 aromatic rings. The number of hydrogen-bond donors (Lipinski definition) is 2. The summed E-state index contributed by atoms with van der Waals surface area (Å²) < 4.78 is 6.28. The minimum Gasteiger partial charge on any atom is -0.490 e. The number of pyridine rings is 1. The SMILES string of the molecule is CC[C@@H](C)C(=O)NC1CCC(Oc2cccc3nc(C)cc(N)c23)CC1.Cl.O=C=O. The van der Waals surface area contributed by atoms with E-state index >= 15 is 0 Å². The summed E-state index contributed by atoms with van der Waals surface area (Å²) in [5.41, 5.74) is 8.70. The molecule has 1 aliphatic carbocycles. The number of nitrogens with two attached hydrogens (primary N) is 1. The van der Waals surface area contributed by atoms with Gasteiger partial charge >= 0.3 is 6.15 Å². The monoisotopic (exact) mass is 435 g/mol. The van der Waals surface area contributed by atoms with Gasteiger partial charge in [0.15, 0.2) is 0 Å². The van der Waals surface area contributed by atoms with E-state index in [2.05, 4.69) is 10.3 Å². The molecule has 1 atom stereocenters. The Balaban J connectivity index is 0.00000106. The van der Waals surface area contributed by atoms with Gasteiger partial charge < -0.3 is 15.8 Å². The van der Waals surface area contributed by atoms with E-state index in [0.717, 1.165) is 54.5 Å². The first-order valence-corrected chi connectivity index (χ1v) is 10.0. The second kappa shape index (κ2) is 12.2. The van der Waals surface area contributed by atoms with Crippen LogP contribution in [0.4, 0.5) is 5.69 Å². The van der Waals surface area contributed by atoms with Gasteiger partial charge in [0.05, 0.1) is 17.0 Å². The molecular formula is C22H30ClN3O4. The van der Waals surface area contributed by atoms with Crippen LogP contribution in [0, 0.1) is 12.8 Å². The molecule has 3 rings (SSSR count). The number of aryl methyl sites for hydroxylation is 1. The number of rotatable bonds is 5. The van der Waals surface area contributed by atoms with Crippen LogP contribution in [0.5, 0.6) is 5.75 Å². The molecule has 1 amide bonds. The van der Waals surface area contributed by atoms with Crippen molar-refractivity contribution in [3.8, 4) is 5.75 Å². The average molecular weight is 436 g/mol. The lowest BCUT2D eigenvalue weighted by Gasteiger charge is -2.30. The fourth-order valence-corrected chi connectivity index (χ4v) is 3.55. The van der Waals surface area contributed by atoms with Gasteiger partial charge in [-0.2, -0.15) is 9.59 Å². The Bertz CT molecular complexity index is 876. The number of halogens is 1. The van der Waals surface area contributed by atoms with Gasteiger partial charge in [-0.3, -0.25) is 9.78 Å². The van der Waals surface area contributed by atoms with Gasteiger partial charge in [-0.25, -0.2) is 0 Å². The highest BCUT2D eigenvalue weighted by Crippen LogP contribution is 2.33. The molecule has 1 aromatic heterocycles. The number of fused-ring (bicyclic) bond motifs is 1. The molecule has 1 heterocycles. The van der Waals surface area contributed by atoms with Gasteiger partial charge in [-0.15, -0.1) is 12.4 Å². The van der Waals surface area contributed by atoms with Crippen molar-refractivity contribution in [1.29, 1.82) is 0 Å². The predicted octanol–water partition coefficient (Wildman–Crippen LogP) is 3.82. The molecule has 1 aliphatic rings. The molecule has 164 valence electrons. The summed E-state index contributed by atoms with van der Waals surface area (Å²) in [4.78, 5) is 32.9. The van der Waals surface area contributed by atoms with Crippen LogP contribution in [0.3, 0.4) is 0 Å². The molecule has 7 nitrogen and oxygen atoms in total. The van der Waals surface area contributed by atoms with E-state index in [1.165, 1.54) is 0 Å². The van der Waals surface area contributed by atoms with Crippen molar-refractivity contribution < 1.29 is 19.1 Å². The molecule has 1 saturated carbocycles. The van der Waals surface area contributed by atoms with Gasteiger partial charge in [0.25, 0.3) is 0 Å². The lowest BCUT2D eigenvalue weighted by molar-refractivity contribution is -0.191. The van der Waals surface area contributed by atoms with Crippen molar-refractivity contribution in [2.75, 3.05) is 5.73 Å².